The van der Waals surface area contributed by atoms with E-state index in [1.807, 2.05) is 45.0 Å². The van der Waals surface area contributed by atoms with Crippen LogP contribution in [0.2, 0.25) is 0 Å². The lowest BCUT2D eigenvalue weighted by Crippen LogP contribution is -2.45. The standard InChI is InChI=1S/C22H25N3O3/c1-4-24(5-2)21(26)14-25-18-11-10-17(23)13-19(18)28-20(22(25)27)12-16-8-6-15(3)7-9-16/h6-13H,4-5,14,23H2,1-3H3/b20-12+. The second kappa shape index (κ2) is 8.17. The van der Waals surface area contributed by atoms with E-state index >= 15 is 0 Å². The normalized spacial score (nSPS) is 14.6. The zero-order valence-electron chi connectivity index (χ0n) is 16.4. The van der Waals surface area contributed by atoms with Gasteiger partial charge in [-0.1, -0.05) is 29.8 Å². The van der Waals surface area contributed by atoms with Crippen LogP contribution in [0.5, 0.6) is 5.75 Å². The van der Waals surface area contributed by atoms with Crippen LogP contribution in [0.4, 0.5) is 11.4 Å². The summed E-state index contributed by atoms with van der Waals surface area (Å²) in [6, 6.07) is 12.8. The molecule has 0 spiro atoms. The van der Waals surface area contributed by atoms with E-state index in [4.69, 9.17) is 10.5 Å². The van der Waals surface area contributed by atoms with Crippen LogP contribution < -0.4 is 15.4 Å². The molecule has 0 unspecified atom stereocenters. The summed E-state index contributed by atoms with van der Waals surface area (Å²) in [4.78, 5) is 28.9. The minimum atomic E-state index is -0.349. The zero-order chi connectivity index (χ0) is 20.3. The Morgan fingerprint density at radius 2 is 1.82 bits per heavy atom. The Bertz CT molecular complexity index is 915. The monoisotopic (exact) mass is 379 g/mol. The van der Waals surface area contributed by atoms with E-state index in [1.165, 1.54) is 4.90 Å². The van der Waals surface area contributed by atoms with Crippen LogP contribution in [-0.2, 0) is 9.59 Å². The fraction of sp³-hybridized carbons (Fsp3) is 0.273. The van der Waals surface area contributed by atoms with Gasteiger partial charge < -0.3 is 15.4 Å². The van der Waals surface area contributed by atoms with Crippen LogP contribution in [-0.4, -0.2) is 36.3 Å². The Kier molecular flexibility index (Phi) is 5.68. The van der Waals surface area contributed by atoms with E-state index in [0.717, 1.165) is 11.1 Å². The van der Waals surface area contributed by atoms with Crippen molar-refractivity contribution in [2.24, 2.45) is 0 Å². The lowest BCUT2D eigenvalue weighted by Gasteiger charge is -2.31. The van der Waals surface area contributed by atoms with Gasteiger partial charge in [0.05, 0.1) is 5.69 Å². The first-order chi connectivity index (χ1) is 13.4. The number of carbonyl (C=O) groups is 2. The van der Waals surface area contributed by atoms with Crippen molar-refractivity contribution in [2.75, 3.05) is 30.3 Å². The van der Waals surface area contributed by atoms with Gasteiger partial charge in [-0.3, -0.25) is 14.5 Å². The summed E-state index contributed by atoms with van der Waals surface area (Å²) in [6.45, 7) is 6.97. The summed E-state index contributed by atoms with van der Waals surface area (Å²) in [7, 11) is 0. The number of nitrogens with zero attached hydrogens (tertiary/aromatic N) is 2. The number of anilines is 2. The number of rotatable bonds is 5. The summed E-state index contributed by atoms with van der Waals surface area (Å²) in [5, 5.41) is 0. The molecule has 6 heteroatoms. The lowest BCUT2D eigenvalue weighted by molar-refractivity contribution is -0.131. The maximum absolute atomic E-state index is 13.1. The molecule has 2 aromatic carbocycles. The molecule has 0 aromatic heterocycles. The van der Waals surface area contributed by atoms with Crippen molar-refractivity contribution in [3.8, 4) is 5.75 Å². The van der Waals surface area contributed by atoms with Crippen molar-refractivity contribution in [2.45, 2.75) is 20.8 Å². The van der Waals surface area contributed by atoms with E-state index < -0.39 is 0 Å². The highest BCUT2D eigenvalue weighted by atomic mass is 16.5. The molecule has 2 N–H and O–H groups in total. The number of fused-ring (bicyclic) bond motifs is 1. The van der Waals surface area contributed by atoms with Gasteiger partial charge in [-0.05, 0) is 44.5 Å². The highest BCUT2D eigenvalue weighted by Gasteiger charge is 2.32. The molecule has 0 saturated heterocycles. The molecule has 0 radical (unpaired) electrons. The Labute approximate surface area is 165 Å². The maximum Gasteiger partial charge on any atom is 0.294 e. The van der Waals surface area contributed by atoms with Gasteiger partial charge in [0.1, 0.15) is 6.54 Å². The Morgan fingerprint density at radius 1 is 1.14 bits per heavy atom. The molecule has 0 aliphatic carbocycles. The Balaban J connectivity index is 1.99. The van der Waals surface area contributed by atoms with Crippen molar-refractivity contribution in [3.05, 3.63) is 59.4 Å². The number of ether oxygens (including phenoxy) is 1. The largest absolute Gasteiger partial charge is 0.449 e. The second-order valence-electron chi connectivity index (χ2n) is 6.71. The first-order valence-corrected chi connectivity index (χ1v) is 9.38. The van der Waals surface area contributed by atoms with Crippen molar-refractivity contribution < 1.29 is 14.3 Å². The van der Waals surface area contributed by atoms with Gasteiger partial charge in [0.2, 0.25) is 5.91 Å². The molecular weight excluding hydrogens is 354 g/mol. The van der Waals surface area contributed by atoms with Crippen LogP contribution in [0.1, 0.15) is 25.0 Å². The molecule has 3 rings (SSSR count). The van der Waals surface area contributed by atoms with Crippen molar-refractivity contribution in [1.29, 1.82) is 0 Å². The topological polar surface area (TPSA) is 75.9 Å². The minimum Gasteiger partial charge on any atom is -0.449 e. The summed E-state index contributed by atoms with van der Waals surface area (Å²) in [5.74, 6) is 0.163. The smallest absolute Gasteiger partial charge is 0.294 e. The van der Waals surface area contributed by atoms with Crippen molar-refractivity contribution >= 4 is 29.3 Å². The van der Waals surface area contributed by atoms with E-state index in [0.29, 0.717) is 30.2 Å². The molecule has 0 fully saturated rings. The predicted octanol–water partition coefficient (Wildman–Crippen LogP) is 3.21. The molecule has 1 aliphatic heterocycles. The third kappa shape index (κ3) is 4.01. The molecule has 1 heterocycles. The minimum absolute atomic E-state index is 0.0496. The average Bonchev–Trinajstić information content (AvgIpc) is 2.67. The Morgan fingerprint density at radius 3 is 2.46 bits per heavy atom. The predicted molar refractivity (Wildman–Crippen MR) is 111 cm³/mol. The number of benzene rings is 2. The molecular formula is C22H25N3O3. The van der Waals surface area contributed by atoms with E-state index in [2.05, 4.69) is 0 Å². The number of hydrogen-bond donors (Lipinski definition) is 1. The molecule has 28 heavy (non-hydrogen) atoms. The average molecular weight is 379 g/mol. The summed E-state index contributed by atoms with van der Waals surface area (Å²) in [5.41, 5.74) is 8.93. The Hall–Kier alpha value is -3.28. The molecule has 1 aliphatic rings. The fourth-order valence-electron chi connectivity index (χ4n) is 3.11. The number of likely N-dealkylation sites (N-methyl/N-ethyl adjacent to an activating group) is 1. The van der Waals surface area contributed by atoms with Crippen LogP contribution in [0.25, 0.3) is 6.08 Å². The van der Waals surface area contributed by atoms with Crippen LogP contribution >= 0.6 is 0 Å². The maximum atomic E-state index is 13.1. The SMILES string of the molecule is CCN(CC)C(=O)CN1C(=O)/C(=C\c2ccc(C)cc2)Oc2cc(N)ccc21. The number of hydrogen-bond acceptors (Lipinski definition) is 4. The van der Waals surface area contributed by atoms with Crippen LogP contribution in [0.15, 0.2) is 48.2 Å². The van der Waals surface area contributed by atoms with E-state index in [1.54, 1.807) is 29.2 Å². The number of carbonyl (C=O) groups excluding carboxylic acids is 2. The third-order valence-corrected chi connectivity index (χ3v) is 4.74. The van der Waals surface area contributed by atoms with Gasteiger partial charge in [-0.25, -0.2) is 0 Å². The molecule has 2 amide bonds. The van der Waals surface area contributed by atoms with Gasteiger partial charge in [0.15, 0.2) is 11.5 Å². The highest BCUT2D eigenvalue weighted by Crippen LogP contribution is 2.37. The molecule has 0 bridgehead atoms. The first-order valence-electron chi connectivity index (χ1n) is 9.38. The quantitative estimate of drug-likeness (QED) is 0.639. The lowest BCUT2D eigenvalue weighted by atomic mass is 10.1. The second-order valence-corrected chi connectivity index (χ2v) is 6.71. The van der Waals surface area contributed by atoms with Gasteiger partial charge in [-0.15, -0.1) is 0 Å². The molecule has 2 aromatic rings. The number of nitrogen functional groups attached to an aromatic ring is 1. The fourth-order valence-corrected chi connectivity index (χ4v) is 3.11. The van der Waals surface area contributed by atoms with Crippen molar-refractivity contribution in [3.63, 3.8) is 0 Å². The van der Waals surface area contributed by atoms with Crippen molar-refractivity contribution in [1.82, 2.24) is 4.90 Å². The van der Waals surface area contributed by atoms with Crippen LogP contribution in [0.3, 0.4) is 0 Å². The third-order valence-electron chi connectivity index (χ3n) is 4.74. The van der Waals surface area contributed by atoms with Gasteiger partial charge in [-0.2, -0.15) is 0 Å². The number of aryl methyl sites for hydroxylation is 1. The van der Waals surface area contributed by atoms with Gasteiger partial charge in [0, 0.05) is 24.8 Å². The zero-order valence-corrected chi connectivity index (χ0v) is 16.4. The highest BCUT2D eigenvalue weighted by molar-refractivity contribution is 6.12. The number of nitrogens with two attached hydrogens (primary N) is 1. The molecule has 0 atom stereocenters. The first kappa shape index (κ1) is 19.5. The van der Waals surface area contributed by atoms with E-state index in [9.17, 15) is 9.59 Å². The molecule has 6 nitrogen and oxygen atoms in total. The molecule has 0 saturated carbocycles. The summed E-state index contributed by atoms with van der Waals surface area (Å²) >= 11 is 0. The summed E-state index contributed by atoms with van der Waals surface area (Å²) in [6.07, 6.45) is 1.68. The van der Waals surface area contributed by atoms with Crippen LogP contribution in [0, 0.1) is 6.92 Å². The summed E-state index contributed by atoms with van der Waals surface area (Å²) < 4.78 is 5.85. The molecule has 146 valence electrons. The van der Waals surface area contributed by atoms with Gasteiger partial charge in [0.25, 0.3) is 5.91 Å². The van der Waals surface area contributed by atoms with Gasteiger partial charge >= 0.3 is 0 Å². The number of amides is 2. The van der Waals surface area contributed by atoms with E-state index in [-0.39, 0.29) is 24.1 Å².